The Balaban J connectivity index is 2.05. The highest BCUT2D eigenvalue weighted by Gasteiger charge is 2.06. The first-order valence-electron chi connectivity index (χ1n) is 6.06. The first-order chi connectivity index (χ1) is 9.22. The lowest BCUT2D eigenvalue weighted by Gasteiger charge is -2.07. The number of thioether (sulfide) groups is 1. The van der Waals surface area contributed by atoms with Crippen LogP contribution < -0.4 is 5.32 Å². The first-order valence-corrected chi connectivity index (χ1v) is 7.21. The van der Waals surface area contributed by atoms with Crippen LogP contribution in [-0.2, 0) is 10.5 Å². The molecule has 2 N–H and O–H groups in total. The van der Waals surface area contributed by atoms with E-state index in [0.717, 1.165) is 22.5 Å². The number of fused-ring (bicyclic) bond motifs is 1. The molecule has 2 aromatic rings. The molecule has 2 rings (SSSR count). The Morgan fingerprint density at radius 1 is 1.42 bits per heavy atom. The highest BCUT2D eigenvalue weighted by molar-refractivity contribution is 7.98. The number of nitrogens with zero attached hydrogens (tertiary/aromatic N) is 1. The molecule has 0 bridgehead atoms. The number of benzene rings is 1. The van der Waals surface area contributed by atoms with Crippen molar-refractivity contribution in [3.8, 4) is 5.75 Å². The zero-order valence-electron chi connectivity index (χ0n) is 10.7. The van der Waals surface area contributed by atoms with Crippen LogP contribution >= 0.6 is 11.8 Å². The molecule has 1 aromatic heterocycles. The minimum absolute atomic E-state index is 0.0599. The summed E-state index contributed by atoms with van der Waals surface area (Å²) in [5.74, 6) is 1.85. The Hall–Kier alpha value is -1.75. The fourth-order valence-electron chi connectivity index (χ4n) is 1.81. The van der Waals surface area contributed by atoms with Crippen molar-refractivity contribution in [1.29, 1.82) is 0 Å². The number of carbonyl (C=O) groups excluding carboxylic acids is 1. The van der Waals surface area contributed by atoms with Crippen LogP contribution in [0.25, 0.3) is 10.9 Å². The summed E-state index contributed by atoms with van der Waals surface area (Å²) in [7, 11) is 1.64. The smallest absolute Gasteiger partial charge is 0.220 e. The molecule has 0 radical (unpaired) electrons. The molecule has 0 fully saturated rings. The molecule has 100 valence electrons. The summed E-state index contributed by atoms with van der Waals surface area (Å²) >= 11 is 1.70. The molecule has 1 amide bonds. The summed E-state index contributed by atoms with van der Waals surface area (Å²) in [6, 6.07) is 7.40. The predicted molar refractivity (Wildman–Crippen MR) is 78.3 cm³/mol. The summed E-state index contributed by atoms with van der Waals surface area (Å²) in [6.07, 6.45) is 2.19. The summed E-state index contributed by atoms with van der Waals surface area (Å²) in [4.78, 5) is 15.3. The van der Waals surface area contributed by atoms with Crippen LogP contribution in [0.5, 0.6) is 5.75 Å². The van der Waals surface area contributed by atoms with Crippen molar-refractivity contribution in [2.45, 2.75) is 12.2 Å². The van der Waals surface area contributed by atoms with Crippen molar-refractivity contribution < 1.29 is 9.90 Å². The van der Waals surface area contributed by atoms with E-state index in [2.05, 4.69) is 10.3 Å². The van der Waals surface area contributed by atoms with E-state index < -0.39 is 0 Å². The number of rotatable bonds is 5. The molecule has 5 heteroatoms. The fourth-order valence-corrected chi connectivity index (χ4v) is 2.76. The molecule has 0 unspecified atom stereocenters. The van der Waals surface area contributed by atoms with Crippen LogP contribution in [-0.4, -0.2) is 28.8 Å². The molecule has 0 spiro atoms. The third-order valence-electron chi connectivity index (χ3n) is 2.85. The standard InChI is InChI=1S/C14H16N2O2S/c1-15-13(18)6-8-19-9-10-4-5-12(17)14-11(10)3-2-7-16-14/h2-5,7,17H,6,8-9H2,1H3,(H,15,18). The maximum atomic E-state index is 11.1. The molecule has 0 saturated heterocycles. The number of nitrogens with one attached hydrogen (secondary N) is 1. The lowest BCUT2D eigenvalue weighted by molar-refractivity contribution is -0.120. The van der Waals surface area contributed by atoms with Crippen LogP contribution in [0.15, 0.2) is 30.5 Å². The molecule has 0 aliphatic heterocycles. The number of amides is 1. The van der Waals surface area contributed by atoms with Crippen LogP contribution in [0, 0.1) is 0 Å². The molecule has 0 aliphatic carbocycles. The van der Waals surface area contributed by atoms with Crippen molar-refractivity contribution >= 4 is 28.6 Å². The average Bonchev–Trinajstić information content (AvgIpc) is 2.45. The van der Waals surface area contributed by atoms with Gasteiger partial charge in [0.15, 0.2) is 0 Å². The summed E-state index contributed by atoms with van der Waals surface area (Å²) in [5, 5.41) is 13.3. The maximum Gasteiger partial charge on any atom is 0.220 e. The number of aromatic hydroxyl groups is 1. The number of pyridine rings is 1. The van der Waals surface area contributed by atoms with E-state index in [-0.39, 0.29) is 11.7 Å². The van der Waals surface area contributed by atoms with Gasteiger partial charge in [0.05, 0.1) is 0 Å². The van der Waals surface area contributed by atoms with Crippen molar-refractivity contribution in [2.24, 2.45) is 0 Å². The predicted octanol–water partition coefficient (Wildman–Crippen LogP) is 2.31. The third kappa shape index (κ3) is 3.38. The Morgan fingerprint density at radius 2 is 2.26 bits per heavy atom. The molecular weight excluding hydrogens is 260 g/mol. The van der Waals surface area contributed by atoms with Gasteiger partial charge in [0.2, 0.25) is 5.91 Å². The minimum Gasteiger partial charge on any atom is -0.506 e. The van der Waals surface area contributed by atoms with Crippen molar-refractivity contribution in [2.75, 3.05) is 12.8 Å². The van der Waals surface area contributed by atoms with E-state index >= 15 is 0 Å². The number of aromatic nitrogens is 1. The van der Waals surface area contributed by atoms with Crippen molar-refractivity contribution in [3.05, 3.63) is 36.0 Å². The Morgan fingerprint density at radius 3 is 3.05 bits per heavy atom. The number of phenolic OH excluding ortho intramolecular Hbond substituents is 1. The summed E-state index contributed by atoms with van der Waals surface area (Å²) in [5.41, 5.74) is 1.76. The number of carbonyl (C=O) groups is 1. The lowest BCUT2D eigenvalue weighted by atomic mass is 10.1. The van der Waals surface area contributed by atoms with Gasteiger partial charge in [-0.1, -0.05) is 12.1 Å². The highest BCUT2D eigenvalue weighted by atomic mass is 32.2. The zero-order chi connectivity index (χ0) is 13.7. The first kappa shape index (κ1) is 13.7. The van der Waals surface area contributed by atoms with Gasteiger partial charge in [-0.15, -0.1) is 0 Å². The van der Waals surface area contributed by atoms with Gasteiger partial charge in [0.25, 0.3) is 0 Å². The molecule has 1 aromatic carbocycles. The summed E-state index contributed by atoms with van der Waals surface area (Å²) in [6.45, 7) is 0. The second kappa shape index (κ2) is 6.43. The maximum absolute atomic E-state index is 11.1. The number of hydrogen-bond acceptors (Lipinski definition) is 4. The van der Waals surface area contributed by atoms with E-state index in [1.165, 1.54) is 0 Å². The van der Waals surface area contributed by atoms with Gasteiger partial charge in [-0.3, -0.25) is 9.78 Å². The van der Waals surface area contributed by atoms with Gasteiger partial charge in [-0.05, 0) is 17.7 Å². The zero-order valence-corrected chi connectivity index (χ0v) is 11.5. The Labute approximate surface area is 116 Å². The van der Waals surface area contributed by atoms with E-state index in [4.69, 9.17) is 0 Å². The number of hydrogen-bond donors (Lipinski definition) is 2. The quantitative estimate of drug-likeness (QED) is 0.823. The fraction of sp³-hybridized carbons (Fsp3) is 0.286. The molecular formula is C14H16N2O2S. The van der Waals surface area contributed by atoms with E-state index in [1.807, 2.05) is 18.2 Å². The molecule has 0 atom stereocenters. The largest absolute Gasteiger partial charge is 0.506 e. The van der Waals surface area contributed by atoms with Crippen molar-refractivity contribution in [1.82, 2.24) is 10.3 Å². The van der Waals surface area contributed by atoms with Gasteiger partial charge < -0.3 is 10.4 Å². The lowest BCUT2D eigenvalue weighted by Crippen LogP contribution is -2.17. The van der Waals surface area contributed by atoms with Crippen LogP contribution in [0.4, 0.5) is 0 Å². The van der Waals surface area contributed by atoms with Gasteiger partial charge in [-0.2, -0.15) is 11.8 Å². The normalized spacial score (nSPS) is 10.6. The second-order valence-electron chi connectivity index (χ2n) is 4.12. The van der Waals surface area contributed by atoms with Crippen LogP contribution in [0.1, 0.15) is 12.0 Å². The molecule has 19 heavy (non-hydrogen) atoms. The highest BCUT2D eigenvalue weighted by Crippen LogP contribution is 2.27. The monoisotopic (exact) mass is 276 g/mol. The van der Waals surface area contributed by atoms with E-state index in [0.29, 0.717) is 11.9 Å². The SMILES string of the molecule is CNC(=O)CCSCc1ccc(O)c2ncccc12. The molecule has 0 aliphatic rings. The van der Waals surface area contributed by atoms with Gasteiger partial charge >= 0.3 is 0 Å². The summed E-state index contributed by atoms with van der Waals surface area (Å²) < 4.78 is 0. The molecule has 4 nitrogen and oxygen atoms in total. The topological polar surface area (TPSA) is 62.2 Å². The molecule has 1 heterocycles. The van der Waals surface area contributed by atoms with E-state index in [1.54, 1.807) is 31.1 Å². The minimum atomic E-state index is 0.0599. The van der Waals surface area contributed by atoms with Crippen molar-refractivity contribution in [3.63, 3.8) is 0 Å². The average molecular weight is 276 g/mol. The molecule has 0 saturated carbocycles. The van der Waals surface area contributed by atoms with Crippen LogP contribution in [0.3, 0.4) is 0 Å². The number of phenols is 1. The Bertz CT molecular complexity index is 587. The third-order valence-corrected chi connectivity index (χ3v) is 3.86. The van der Waals surface area contributed by atoms with Gasteiger partial charge in [-0.25, -0.2) is 0 Å². The van der Waals surface area contributed by atoms with Gasteiger partial charge in [0.1, 0.15) is 11.3 Å². The Kier molecular flexibility index (Phi) is 4.63. The van der Waals surface area contributed by atoms with Crippen LogP contribution in [0.2, 0.25) is 0 Å². The van der Waals surface area contributed by atoms with Gasteiger partial charge in [0, 0.05) is 36.6 Å². The van der Waals surface area contributed by atoms with E-state index in [9.17, 15) is 9.90 Å². The second-order valence-corrected chi connectivity index (χ2v) is 5.22.